The molecule has 14 rings (SSSR count). The van der Waals surface area contributed by atoms with Crippen LogP contribution >= 0.6 is 0 Å². The summed E-state index contributed by atoms with van der Waals surface area (Å²) >= 11 is 0. The number of hydrogen-bond donors (Lipinski definition) is 0. The Morgan fingerprint density at radius 2 is 1.02 bits per heavy atom. The van der Waals surface area contributed by atoms with Crippen LogP contribution in [0.2, 0.25) is 0 Å². The normalized spacial score (nSPS) is 16.2. The van der Waals surface area contributed by atoms with E-state index in [-0.39, 0.29) is 57.7 Å². The minimum Gasteiger partial charge on any atom is -0.457 e. The topological polar surface area (TPSA) is 31.8 Å². The van der Waals surface area contributed by atoms with Crippen LogP contribution in [0.3, 0.4) is 0 Å². The van der Waals surface area contributed by atoms with Crippen molar-refractivity contribution >= 4 is 68.8 Å². The summed E-state index contributed by atoms with van der Waals surface area (Å²) in [6.07, 6.45) is 1.31. The van der Waals surface area contributed by atoms with Crippen LogP contribution < -0.4 is 40.2 Å². The third-order valence-corrected chi connectivity index (χ3v) is 21.6. The number of para-hydroxylation sites is 4. The summed E-state index contributed by atoms with van der Waals surface area (Å²) < 4.78 is 122. The van der Waals surface area contributed by atoms with Gasteiger partial charge in [0.25, 0.3) is 0 Å². The molecule has 0 N–H and O–H groups in total. The predicted molar refractivity (Wildman–Crippen MR) is 352 cm³/mol. The van der Waals surface area contributed by atoms with Gasteiger partial charge in [-0.15, -0.1) is 0 Å². The maximum atomic E-state index is 9.37. The third-order valence-electron chi connectivity index (χ3n) is 16.7. The van der Waals surface area contributed by atoms with Crippen LogP contribution in [-0.4, -0.2) is 19.7 Å². The summed E-state index contributed by atoms with van der Waals surface area (Å²) in [6, 6.07) is 52.7. The smallest absolute Gasteiger partial charge is 0.185 e. The molecule has 3 aliphatic rings. The maximum absolute atomic E-state index is 9.37. The zero-order valence-corrected chi connectivity index (χ0v) is 48.6. The molecule has 0 unspecified atom stereocenters. The number of benzene rings is 10. The van der Waals surface area contributed by atoms with Gasteiger partial charge in [-0.25, -0.2) is 4.98 Å². The van der Waals surface area contributed by atoms with Crippen LogP contribution in [0.1, 0.15) is 87.2 Å². The lowest BCUT2D eigenvalue weighted by Crippen LogP contribution is -2.75. The van der Waals surface area contributed by atoms with Gasteiger partial charge in [0, 0.05) is 50.5 Å². The predicted octanol–water partition coefficient (Wildman–Crippen LogP) is 17.8. The summed E-state index contributed by atoms with van der Waals surface area (Å²) in [5.41, 5.74) is 12.7. The van der Waals surface area contributed by atoms with E-state index in [1.54, 1.807) is 0 Å². The van der Waals surface area contributed by atoms with Gasteiger partial charge in [-0.1, -0.05) is 228 Å². The van der Waals surface area contributed by atoms with E-state index >= 15 is 0 Å². The van der Waals surface area contributed by atoms with Crippen LogP contribution in [-0.2, 0) is 10.8 Å². The molecular weight excluding hydrogens is 1020 g/mol. The van der Waals surface area contributed by atoms with E-state index in [9.17, 15) is 2.74 Å². The number of fused-ring (bicyclic) bond motifs is 10. The second-order valence-corrected chi connectivity index (χ2v) is 27.7. The molecule has 10 aromatic carbocycles. The van der Waals surface area contributed by atoms with Crippen molar-refractivity contribution in [3.05, 3.63) is 264 Å². The minimum absolute atomic E-state index is 0.0956. The van der Waals surface area contributed by atoms with E-state index in [0.717, 1.165) is 77.6 Å². The fraction of sp³-hybridized carbons (Fsp3) is 0.156. The van der Waals surface area contributed by atoms with Crippen molar-refractivity contribution in [1.82, 2.24) is 4.98 Å². The Balaban J connectivity index is 0.928. The molecule has 0 aliphatic carbocycles. The van der Waals surface area contributed by atoms with Gasteiger partial charge in [0.05, 0.1) is 36.5 Å². The molecule has 1 aromatic heterocycles. The molecule has 0 fully saturated rings. The van der Waals surface area contributed by atoms with Gasteiger partial charge in [0.1, 0.15) is 24.0 Å². The molecule has 0 saturated heterocycles. The lowest BCUT2D eigenvalue weighted by Gasteiger charge is -2.43. The summed E-state index contributed by atoms with van der Waals surface area (Å²) in [6.45, 7) is 14.8. The molecule has 0 amide bonds. The number of hydrogen-bond acceptors (Lipinski definition) is 5. The second-order valence-electron chi connectivity index (χ2n) is 24.1. The van der Waals surface area contributed by atoms with Gasteiger partial charge in [-0.05, 0) is 139 Å². The second kappa shape index (κ2) is 19.7. The van der Waals surface area contributed by atoms with Gasteiger partial charge in [0.2, 0.25) is 0 Å². The highest BCUT2D eigenvalue weighted by Crippen LogP contribution is 2.52. The van der Waals surface area contributed by atoms with Crippen LogP contribution in [0.4, 0.5) is 39.9 Å². The number of rotatable bonds is 8. The number of anilines is 7. The first-order valence-corrected chi connectivity index (χ1v) is 30.1. The van der Waals surface area contributed by atoms with Gasteiger partial charge in [0.15, 0.2) is 8.07 Å². The zero-order valence-electron chi connectivity index (χ0n) is 60.6. The average molecular weight is 1110 g/mol. The van der Waals surface area contributed by atoms with Gasteiger partial charge in [-0.2, -0.15) is 0 Å². The molecule has 6 heteroatoms. The van der Waals surface area contributed by atoms with E-state index in [1.807, 2.05) is 95.9 Å². The number of pyridine rings is 1. The summed E-state index contributed by atoms with van der Waals surface area (Å²) in [5.74, 6) is 1.19. The largest absolute Gasteiger partial charge is 0.457 e. The van der Waals surface area contributed by atoms with Crippen molar-refractivity contribution in [2.24, 2.45) is 0 Å². The molecule has 1 spiro atoms. The van der Waals surface area contributed by atoms with E-state index in [0.29, 0.717) is 28.4 Å². The Bertz CT molecular complexity index is 4970. The number of aryl methyl sites for hydroxylation is 3. The Morgan fingerprint density at radius 3 is 1.66 bits per heavy atom. The standard InChI is InChI=1S/C77H68N4OSi/c1-50-34-37-70-63(40-50)64-41-51(2)35-38-71(64)83(70)72-33-19-18-32-68(72)81(74-42-52(3)65(48-78-74)54-24-14-11-15-25-54)69-47-60(36-39-73(69)83)82-59-27-20-26-58(46-59)79-49-80(67-31-17-16-30-66(67)79)75-61(53-22-12-10-13-23-53)28-21-29-62(75)55-43-56(76(4,5)6)45-57(44-55)77(7,8)9/h10-48H,49H2,1-9H3/i3D3,10D,11D,12D,13D,14D,15D,22D,23D,24D,25D. The van der Waals surface area contributed by atoms with E-state index in [4.69, 9.17) is 24.8 Å². The number of aromatic nitrogens is 1. The van der Waals surface area contributed by atoms with Crippen LogP contribution in [0.15, 0.2) is 236 Å². The fourth-order valence-electron chi connectivity index (χ4n) is 12.7. The van der Waals surface area contributed by atoms with E-state index in [1.165, 1.54) is 22.6 Å². The Labute approximate surface area is 509 Å². The SMILES string of the molecule is [2H]c1c([2H])c([2H])c(-c2cnc(N3c4ccccc4[Si]4(c5ccc(C)cc5-c5cc(C)ccc54)c4ccc(Oc5cccc(N6CN(c7c(-c8cc(C(C)(C)C)cc(C(C)(C)C)c8)cccc7-c7c([2H])c([2H])c([2H])c([2H])c7[2H])c7ccccc76)c5)cc43)cc2C([2H])([2H])[2H])c([2H])c1[2H]. The summed E-state index contributed by atoms with van der Waals surface area (Å²) in [4.78, 5) is 11.3. The summed E-state index contributed by atoms with van der Waals surface area (Å²) in [7, 11) is -3.27. The van der Waals surface area contributed by atoms with Crippen LogP contribution in [0, 0.1) is 20.7 Å². The highest BCUT2D eigenvalue weighted by molar-refractivity contribution is 7.23. The lowest BCUT2D eigenvalue weighted by atomic mass is 9.78. The Morgan fingerprint density at radius 1 is 0.470 bits per heavy atom. The molecule has 3 aliphatic heterocycles. The van der Waals surface area contributed by atoms with Crippen LogP contribution in [0.5, 0.6) is 11.5 Å². The summed E-state index contributed by atoms with van der Waals surface area (Å²) in [5, 5.41) is 4.45. The zero-order chi connectivity index (χ0) is 68.1. The molecule has 0 bridgehead atoms. The Kier molecular flexibility index (Phi) is 9.34. The number of ether oxygens (including phenoxy) is 1. The molecule has 406 valence electrons. The van der Waals surface area contributed by atoms with Crippen molar-refractivity contribution < 1.29 is 22.6 Å². The molecular formula is C77H68N4OSi. The molecule has 0 saturated carbocycles. The first-order valence-electron chi connectivity index (χ1n) is 34.6. The first kappa shape index (κ1) is 39.2. The van der Waals surface area contributed by atoms with Crippen molar-refractivity contribution in [2.75, 3.05) is 21.4 Å². The molecule has 5 nitrogen and oxygen atoms in total. The van der Waals surface area contributed by atoms with Crippen LogP contribution in [0.25, 0.3) is 44.5 Å². The monoisotopic (exact) mass is 1110 g/mol. The van der Waals surface area contributed by atoms with E-state index in [2.05, 4.69) is 138 Å². The van der Waals surface area contributed by atoms with Gasteiger partial charge < -0.3 is 14.5 Å². The van der Waals surface area contributed by atoms with Crippen molar-refractivity contribution in [1.29, 1.82) is 0 Å². The van der Waals surface area contributed by atoms with Crippen molar-refractivity contribution in [3.63, 3.8) is 0 Å². The quantitative estimate of drug-likeness (QED) is 0.142. The van der Waals surface area contributed by atoms with Gasteiger partial charge >= 0.3 is 0 Å². The molecule has 11 aromatic rings. The Hall–Kier alpha value is -9.23. The first-order chi connectivity index (χ1) is 45.5. The van der Waals surface area contributed by atoms with Crippen molar-refractivity contribution in [2.45, 2.75) is 73.1 Å². The average Bonchev–Trinajstić information content (AvgIpc) is 1.46. The molecule has 4 heterocycles. The highest BCUT2D eigenvalue weighted by Gasteiger charge is 2.54. The maximum Gasteiger partial charge on any atom is 0.185 e. The molecule has 83 heavy (non-hydrogen) atoms. The molecule has 0 atom stereocenters. The lowest BCUT2D eigenvalue weighted by molar-refractivity contribution is 0.483. The van der Waals surface area contributed by atoms with Crippen molar-refractivity contribution in [3.8, 4) is 56.0 Å². The number of nitrogens with zero attached hydrogens (tertiary/aromatic N) is 4. The fourth-order valence-corrected chi connectivity index (χ4v) is 18.1. The third kappa shape index (κ3) is 8.69. The molecule has 0 radical (unpaired) electrons. The van der Waals surface area contributed by atoms with Gasteiger partial charge in [-0.3, -0.25) is 4.90 Å². The highest BCUT2D eigenvalue weighted by atomic mass is 28.3. The minimum atomic E-state index is -3.27. The van der Waals surface area contributed by atoms with E-state index < -0.39 is 63.3 Å².